The van der Waals surface area contributed by atoms with E-state index in [1.807, 2.05) is 16.6 Å². The summed E-state index contributed by atoms with van der Waals surface area (Å²) in [6.07, 6.45) is 4.91. The van der Waals surface area contributed by atoms with E-state index in [0.29, 0.717) is 11.8 Å². The molecule has 3 aromatic heterocycles. The van der Waals surface area contributed by atoms with Crippen LogP contribution in [0.2, 0.25) is 0 Å². The third-order valence-electron chi connectivity index (χ3n) is 5.42. The van der Waals surface area contributed by atoms with E-state index in [9.17, 15) is 0 Å². The van der Waals surface area contributed by atoms with Gasteiger partial charge in [0.2, 0.25) is 11.8 Å². The fourth-order valence-electron chi connectivity index (χ4n) is 3.70. The molecule has 0 radical (unpaired) electrons. The van der Waals surface area contributed by atoms with Crippen LogP contribution in [-0.2, 0) is 0 Å². The molecule has 2 saturated heterocycles. The van der Waals surface area contributed by atoms with Gasteiger partial charge in [0.1, 0.15) is 5.82 Å². The van der Waals surface area contributed by atoms with Crippen LogP contribution in [0.1, 0.15) is 31.0 Å². The zero-order chi connectivity index (χ0) is 18.2. The van der Waals surface area contributed by atoms with Gasteiger partial charge in [-0.05, 0) is 31.4 Å². The lowest BCUT2D eigenvalue weighted by atomic mass is 9.96. The number of fused-ring (bicyclic) bond motifs is 1. The molecule has 0 saturated carbocycles. The van der Waals surface area contributed by atoms with Crippen LogP contribution < -0.4 is 14.5 Å². The molecule has 0 spiro atoms. The van der Waals surface area contributed by atoms with Crippen molar-refractivity contribution in [2.24, 2.45) is 0 Å². The second-order valence-corrected chi connectivity index (χ2v) is 7.02. The van der Waals surface area contributed by atoms with Gasteiger partial charge in [-0.1, -0.05) is 0 Å². The van der Waals surface area contributed by atoms with Crippen molar-refractivity contribution in [3.05, 3.63) is 30.2 Å². The Morgan fingerprint density at radius 2 is 1.85 bits per heavy atom. The lowest BCUT2D eigenvalue weighted by molar-refractivity contribution is 0.395. The van der Waals surface area contributed by atoms with Crippen LogP contribution in [0.15, 0.2) is 24.4 Å². The molecule has 0 N–H and O–H groups in total. The summed E-state index contributed by atoms with van der Waals surface area (Å²) in [4.78, 5) is 13.3. The summed E-state index contributed by atoms with van der Waals surface area (Å²) in [7, 11) is 1.62. The average molecular weight is 366 g/mol. The van der Waals surface area contributed by atoms with Gasteiger partial charge >= 0.3 is 0 Å². The number of anilines is 2. The first kappa shape index (κ1) is 16.2. The molecule has 0 atom stereocenters. The van der Waals surface area contributed by atoms with Crippen molar-refractivity contribution in [3.63, 3.8) is 0 Å². The van der Waals surface area contributed by atoms with E-state index in [1.165, 1.54) is 6.42 Å². The Balaban J connectivity index is 1.34. The summed E-state index contributed by atoms with van der Waals surface area (Å²) >= 11 is 0. The molecule has 0 unspecified atom stereocenters. The highest BCUT2D eigenvalue weighted by Crippen LogP contribution is 2.29. The molecule has 9 heteroatoms. The van der Waals surface area contributed by atoms with E-state index in [-0.39, 0.29) is 0 Å². The molecule has 0 aromatic carbocycles. The molecule has 0 aliphatic carbocycles. The summed E-state index contributed by atoms with van der Waals surface area (Å²) in [6, 6.07) is 5.81. The molecule has 0 bridgehead atoms. The minimum Gasteiger partial charge on any atom is -0.481 e. The van der Waals surface area contributed by atoms with Crippen LogP contribution in [0.5, 0.6) is 5.88 Å². The number of methoxy groups -OCH3 is 1. The normalized spacial score (nSPS) is 18.0. The van der Waals surface area contributed by atoms with Gasteiger partial charge in [0, 0.05) is 44.4 Å². The third-order valence-corrected chi connectivity index (χ3v) is 5.42. The molecular formula is C18H22N8O. The largest absolute Gasteiger partial charge is 0.481 e. The predicted molar refractivity (Wildman–Crippen MR) is 100 cm³/mol. The van der Waals surface area contributed by atoms with E-state index >= 15 is 0 Å². The quantitative estimate of drug-likeness (QED) is 0.687. The fraction of sp³-hybridized carbons (Fsp3) is 0.500. The van der Waals surface area contributed by atoms with Crippen molar-refractivity contribution in [2.45, 2.75) is 25.2 Å². The Morgan fingerprint density at radius 1 is 1.00 bits per heavy atom. The number of hydrogen-bond donors (Lipinski definition) is 0. The minimum absolute atomic E-state index is 0.334. The molecule has 9 nitrogen and oxygen atoms in total. The van der Waals surface area contributed by atoms with Gasteiger partial charge in [-0.2, -0.15) is 9.50 Å². The van der Waals surface area contributed by atoms with Crippen molar-refractivity contribution < 1.29 is 4.74 Å². The van der Waals surface area contributed by atoms with E-state index in [2.05, 4.69) is 30.0 Å². The van der Waals surface area contributed by atoms with Gasteiger partial charge in [0.05, 0.1) is 7.11 Å². The number of rotatable bonds is 4. The van der Waals surface area contributed by atoms with Crippen LogP contribution in [0.3, 0.4) is 0 Å². The maximum Gasteiger partial charge on any atom is 0.228 e. The number of aromatic nitrogens is 6. The van der Waals surface area contributed by atoms with Crippen LogP contribution in [0.25, 0.3) is 5.65 Å². The molecule has 0 amide bonds. The summed E-state index contributed by atoms with van der Waals surface area (Å²) in [5.41, 5.74) is 0.813. The summed E-state index contributed by atoms with van der Waals surface area (Å²) < 4.78 is 7.13. The van der Waals surface area contributed by atoms with Gasteiger partial charge < -0.3 is 14.5 Å². The SMILES string of the molecule is COc1ccnc(N2CCC(c3nnc4ccc(N5CCC5)nn34)CC2)n1. The first-order valence-electron chi connectivity index (χ1n) is 9.41. The summed E-state index contributed by atoms with van der Waals surface area (Å²) in [5, 5.41) is 13.6. The second-order valence-electron chi connectivity index (χ2n) is 7.02. The Morgan fingerprint density at radius 3 is 2.59 bits per heavy atom. The van der Waals surface area contributed by atoms with Crippen LogP contribution in [0.4, 0.5) is 11.8 Å². The smallest absolute Gasteiger partial charge is 0.228 e. The third kappa shape index (κ3) is 2.92. The van der Waals surface area contributed by atoms with Gasteiger partial charge in [0.25, 0.3) is 0 Å². The molecule has 5 rings (SSSR count). The Kier molecular flexibility index (Phi) is 3.99. The van der Waals surface area contributed by atoms with E-state index < -0.39 is 0 Å². The summed E-state index contributed by atoms with van der Waals surface area (Å²) in [6.45, 7) is 3.90. The topological polar surface area (TPSA) is 84.6 Å². The van der Waals surface area contributed by atoms with Crippen molar-refractivity contribution in [3.8, 4) is 5.88 Å². The number of piperidine rings is 1. The first-order chi connectivity index (χ1) is 13.3. The average Bonchev–Trinajstić information content (AvgIpc) is 3.10. The molecule has 2 aliphatic heterocycles. The van der Waals surface area contributed by atoms with Crippen molar-refractivity contribution in [2.75, 3.05) is 43.1 Å². The van der Waals surface area contributed by atoms with Gasteiger partial charge in [-0.3, -0.25) is 0 Å². The highest BCUT2D eigenvalue weighted by atomic mass is 16.5. The number of hydrogen-bond acceptors (Lipinski definition) is 8. The monoisotopic (exact) mass is 366 g/mol. The zero-order valence-electron chi connectivity index (χ0n) is 15.3. The van der Waals surface area contributed by atoms with Gasteiger partial charge in [-0.15, -0.1) is 15.3 Å². The van der Waals surface area contributed by atoms with Crippen LogP contribution in [-0.4, -0.2) is 63.1 Å². The molecular weight excluding hydrogens is 344 g/mol. The maximum atomic E-state index is 5.21. The Bertz CT molecular complexity index is 945. The molecule has 3 aromatic rings. The predicted octanol–water partition coefficient (Wildman–Crippen LogP) is 1.52. The number of nitrogens with zero attached hydrogens (tertiary/aromatic N) is 8. The highest BCUT2D eigenvalue weighted by Gasteiger charge is 2.27. The Labute approximate surface area is 157 Å². The lowest BCUT2D eigenvalue weighted by Crippen LogP contribution is -2.38. The summed E-state index contributed by atoms with van der Waals surface area (Å²) in [5.74, 6) is 3.61. The van der Waals surface area contributed by atoms with E-state index in [0.717, 1.165) is 62.3 Å². The highest BCUT2D eigenvalue weighted by molar-refractivity contribution is 5.47. The van der Waals surface area contributed by atoms with Crippen molar-refractivity contribution in [1.82, 2.24) is 29.8 Å². The first-order valence-corrected chi connectivity index (χ1v) is 9.41. The molecule has 2 fully saturated rings. The second kappa shape index (κ2) is 6.64. The molecule has 2 aliphatic rings. The van der Waals surface area contributed by atoms with Gasteiger partial charge in [0.15, 0.2) is 11.5 Å². The molecule has 140 valence electrons. The fourth-order valence-corrected chi connectivity index (χ4v) is 3.70. The van der Waals surface area contributed by atoms with Crippen LogP contribution >= 0.6 is 0 Å². The minimum atomic E-state index is 0.334. The Hall–Kier alpha value is -2.97. The maximum absolute atomic E-state index is 5.21. The van der Waals surface area contributed by atoms with Crippen molar-refractivity contribution in [1.29, 1.82) is 0 Å². The van der Waals surface area contributed by atoms with E-state index in [4.69, 9.17) is 9.84 Å². The molecule has 5 heterocycles. The standard InChI is InChI=1S/C18H22N8O/c1-27-16-5-8-19-18(20-16)25-11-6-13(7-12-25)17-22-21-14-3-4-15(23-26(14)17)24-9-2-10-24/h3-5,8,13H,2,6-7,9-12H2,1H3. The lowest BCUT2D eigenvalue weighted by Gasteiger charge is -2.32. The molecule has 27 heavy (non-hydrogen) atoms. The van der Waals surface area contributed by atoms with Crippen molar-refractivity contribution >= 4 is 17.4 Å². The zero-order valence-corrected chi connectivity index (χ0v) is 15.3. The van der Waals surface area contributed by atoms with Crippen LogP contribution in [0, 0.1) is 0 Å². The van der Waals surface area contributed by atoms with E-state index in [1.54, 1.807) is 19.4 Å². The number of ether oxygens (including phenoxy) is 1. The van der Waals surface area contributed by atoms with Gasteiger partial charge in [-0.25, -0.2) is 4.98 Å².